The van der Waals surface area contributed by atoms with Crippen molar-refractivity contribution in [2.45, 2.75) is 13.5 Å². The van der Waals surface area contributed by atoms with Crippen molar-refractivity contribution < 1.29 is 19.1 Å². The number of aromatic nitrogens is 1. The highest BCUT2D eigenvalue weighted by Crippen LogP contribution is 2.24. The third kappa shape index (κ3) is 4.78. The van der Waals surface area contributed by atoms with Crippen molar-refractivity contribution in [2.24, 2.45) is 0 Å². The highest BCUT2D eigenvalue weighted by atomic mass is 32.1. The Labute approximate surface area is 190 Å². The molecule has 0 radical (unpaired) electrons. The number of hydrogen-bond acceptors (Lipinski definition) is 6. The molecule has 3 aromatic carbocycles. The topological polar surface area (TPSA) is 68.7 Å². The molecule has 1 aromatic heterocycles. The Morgan fingerprint density at radius 3 is 2.41 bits per heavy atom. The number of benzene rings is 3. The van der Waals surface area contributed by atoms with Gasteiger partial charge in [0, 0.05) is 5.56 Å². The van der Waals surface area contributed by atoms with Gasteiger partial charge in [-0.05, 0) is 55.0 Å². The second-order valence-corrected chi connectivity index (χ2v) is 8.27. The summed E-state index contributed by atoms with van der Waals surface area (Å²) in [5.74, 6) is 0.445. The summed E-state index contributed by atoms with van der Waals surface area (Å²) in [7, 11) is 1.30. The number of amides is 1. The fourth-order valence-electron chi connectivity index (χ4n) is 3.32. The number of carbonyl (C=O) groups excluding carboxylic acids is 2. The van der Waals surface area contributed by atoms with E-state index in [9.17, 15) is 9.59 Å². The molecule has 0 unspecified atom stereocenters. The van der Waals surface area contributed by atoms with Crippen LogP contribution in [-0.4, -0.2) is 30.5 Å². The molecule has 7 heteroatoms. The number of methoxy groups -OCH3 is 1. The first kappa shape index (κ1) is 21.5. The van der Waals surface area contributed by atoms with E-state index in [0.717, 1.165) is 20.8 Å². The average molecular weight is 447 g/mol. The van der Waals surface area contributed by atoms with E-state index >= 15 is 0 Å². The Morgan fingerprint density at radius 1 is 0.969 bits per heavy atom. The standard InChI is InChI=1S/C25H22N2O4S/c1-17-7-3-5-9-21(17)27(25(29)30-2)15-22(28)18-11-13-19(14-12-18)31-16-24-26-20-8-4-6-10-23(20)32-24/h3-14H,15-16H2,1-2H3. The normalized spacial score (nSPS) is 10.7. The lowest BCUT2D eigenvalue weighted by Crippen LogP contribution is -2.36. The lowest BCUT2D eigenvalue weighted by molar-refractivity contribution is 0.0994. The van der Waals surface area contributed by atoms with Gasteiger partial charge in [0.15, 0.2) is 5.78 Å². The molecule has 0 N–H and O–H groups in total. The maximum atomic E-state index is 12.9. The van der Waals surface area contributed by atoms with Crippen molar-refractivity contribution in [1.29, 1.82) is 0 Å². The smallest absolute Gasteiger partial charge is 0.414 e. The van der Waals surface area contributed by atoms with Crippen molar-refractivity contribution in [2.75, 3.05) is 18.6 Å². The first-order valence-electron chi connectivity index (χ1n) is 10.1. The van der Waals surface area contributed by atoms with E-state index < -0.39 is 6.09 Å². The summed E-state index contributed by atoms with van der Waals surface area (Å²) in [6, 6.07) is 22.2. The van der Waals surface area contributed by atoms with Crippen molar-refractivity contribution in [1.82, 2.24) is 4.98 Å². The minimum absolute atomic E-state index is 0.122. The van der Waals surface area contributed by atoms with Crippen LogP contribution in [0.3, 0.4) is 0 Å². The minimum Gasteiger partial charge on any atom is -0.486 e. The summed E-state index contributed by atoms with van der Waals surface area (Å²) in [5, 5.41) is 0.887. The lowest BCUT2D eigenvalue weighted by Gasteiger charge is -2.22. The number of ether oxygens (including phenoxy) is 2. The molecule has 0 aliphatic rings. The monoisotopic (exact) mass is 446 g/mol. The van der Waals surface area contributed by atoms with Crippen LogP contribution in [0.4, 0.5) is 10.5 Å². The summed E-state index contributed by atoms with van der Waals surface area (Å²) >= 11 is 1.60. The number of thiazole rings is 1. The molecule has 162 valence electrons. The van der Waals surface area contributed by atoms with Gasteiger partial charge in [0.05, 0.1) is 29.6 Å². The van der Waals surface area contributed by atoms with Gasteiger partial charge >= 0.3 is 6.09 Å². The molecule has 4 aromatic rings. The highest BCUT2D eigenvalue weighted by Gasteiger charge is 2.22. The molecule has 0 saturated carbocycles. The zero-order chi connectivity index (χ0) is 22.5. The van der Waals surface area contributed by atoms with Crippen LogP contribution >= 0.6 is 11.3 Å². The van der Waals surface area contributed by atoms with E-state index in [4.69, 9.17) is 9.47 Å². The predicted molar refractivity (Wildman–Crippen MR) is 126 cm³/mol. The molecule has 6 nitrogen and oxygen atoms in total. The summed E-state index contributed by atoms with van der Waals surface area (Å²) in [5.41, 5.74) is 2.97. The molecule has 0 aliphatic carbocycles. The third-order valence-electron chi connectivity index (χ3n) is 4.98. The van der Waals surface area contributed by atoms with E-state index in [2.05, 4.69) is 4.98 Å². The maximum absolute atomic E-state index is 12.9. The molecule has 4 rings (SSSR count). The van der Waals surface area contributed by atoms with E-state index in [1.165, 1.54) is 12.0 Å². The molecular weight excluding hydrogens is 424 g/mol. The molecule has 1 heterocycles. The van der Waals surface area contributed by atoms with Crippen LogP contribution in [-0.2, 0) is 11.3 Å². The van der Waals surface area contributed by atoms with Crippen LogP contribution in [0.2, 0.25) is 0 Å². The second-order valence-electron chi connectivity index (χ2n) is 7.15. The van der Waals surface area contributed by atoms with Crippen molar-refractivity contribution in [3.05, 3.63) is 88.9 Å². The van der Waals surface area contributed by atoms with Crippen molar-refractivity contribution in [3.63, 3.8) is 0 Å². The Hall–Kier alpha value is -3.71. The number of aryl methyl sites for hydroxylation is 1. The summed E-state index contributed by atoms with van der Waals surface area (Å²) < 4.78 is 11.8. The number of rotatable bonds is 7. The summed E-state index contributed by atoms with van der Waals surface area (Å²) in [6.45, 7) is 2.12. The van der Waals surface area contributed by atoms with E-state index in [1.807, 2.05) is 49.4 Å². The third-order valence-corrected chi connectivity index (χ3v) is 5.99. The van der Waals surface area contributed by atoms with Crippen molar-refractivity contribution >= 4 is 39.1 Å². The quantitative estimate of drug-likeness (QED) is 0.344. The summed E-state index contributed by atoms with van der Waals surface area (Å²) in [4.78, 5) is 31.0. The molecule has 0 atom stereocenters. The van der Waals surface area contributed by atoms with Crippen LogP contribution < -0.4 is 9.64 Å². The SMILES string of the molecule is COC(=O)N(CC(=O)c1ccc(OCc2nc3ccccc3s2)cc1)c1ccccc1C. The van der Waals surface area contributed by atoms with Gasteiger partial charge in [-0.1, -0.05) is 30.3 Å². The van der Waals surface area contributed by atoms with Crippen LogP contribution in [0.15, 0.2) is 72.8 Å². The number of nitrogens with zero attached hydrogens (tertiary/aromatic N) is 2. The number of ketones is 1. The molecule has 0 aliphatic heterocycles. The van der Waals surface area contributed by atoms with Crippen LogP contribution in [0, 0.1) is 6.92 Å². The molecule has 0 saturated heterocycles. The van der Waals surface area contributed by atoms with Crippen LogP contribution in [0.25, 0.3) is 10.2 Å². The average Bonchev–Trinajstić information content (AvgIpc) is 3.24. The number of anilines is 1. The van der Waals surface area contributed by atoms with Crippen LogP contribution in [0.5, 0.6) is 5.75 Å². The first-order chi connectivity index (χ1) is 15.5. The van der Waals surface area contributed by atoms with Gasteiger partial charge in [0.2, 0.25) is 0 Å². The number of hydrogen-bond donors (Lipinski definition) is 0. The van der Waals surface area contributed by atoms with Gasteiger partial charge < -0.3 is 9.47 Å². The largest absolute Gasteiger partial charge is 0.486 e. The van der Waals surface area contributed by atoms with Gasteiger partial charge in [-0.15, -0.1) is 11.3 Å². The zero-order valence-electron chi connectivity index (χ0n) is 17.8. The molecular formula is C25H22N2O4S. The zero-order valence-corrected chi connectivity index (χ0v) is 18.6. The van der Waals surface area contributed by atoms with Gasteiger partial charge in [-0.25, -0.2) is 9.78 Å². The van der Waals surface area contributed by atoms with Gasteiger partial charge in [0.1, 0.15) is 17.4 Å². The second kappa shape index (κ2) is 9.62. The minimum atomic E-state index is -0.580. The van der Waals surface area contributed by atoms with Gasteiger partial charge in [-0.2, -0.15) is 0 Å². The molecule has 0 fully saturated rings. The predicted octanol–water partition coefficient (Wildman–Crippen LogP) is 5.64. The Bertz CT molecular complexity index is 1220. The lowest BCUT2D eigenvalue weighted by atomic mass is 10.1. The van der Waals surface area contributed by atoms with E-state index in [0.29, 0.717) is 23.6 Å². The Kier molecular flexibility index (Phi) is 6.47. The highest BCUT2D eigenvalue weighted by molar-refractivity contribution is 7.18. The van der Waals surface area contributed by atoms with Crippen LogP contribution in [0.1, 0.15) is 20.9 Å². The van der Waals surface area contributed by atoms with Crippen molar-refractivity contribution in [3.8, 4) is 5.75 Å². The fourth-order valence-corrected chi connectivity index (χ4v) is 4.20. The maximum Gasteiger partial charge on any atom is 0.414 e. The number of para-hydroxylation sites is 2. The molecule has 0 bridgehead atoms. The molecule has 32 heavy (non-hydrogen) atoms. The fraction of sp³-hybridized carbons (Fsp3) is 0.160. The van der Waals surface area contributed by atoms with Gasteiger partial charge in [0.25, 0.3) is 0 Å². The Balaban J connectivity index is 1.42. The summed E-state index contributed by atoms with van der Waals surface area (Å²) in [6.07, 6.45) is -0.580. The molecule has 0 spiro atoms. The molecule has 1 amide bonds. The number of Topliss-reactive ketones (excluding diaryl/α,β-unsaturated/α-hetero) is 1. The van der Waals surface area contributed by atoms with E-state index in [-0.39, 0.29) is 12.3 Å². The van der Waals surface area contributed by atoms with E-state index in [1.54, 1.807) is 41.7 Å². The number of fused-ring (bicyclic) bond motifs is 1. The number of carbonyl (C=O) groups is 2. The van der Waals surface area contributed by atoms with Gasteiger partial charge in [-0.3, -0.25) is 9.69 Å². The Morgan fingerprint density at radius 2 is 1.69 bits per heavy atom. The first-order valence-corrected chi connectivity index (χ1v) is 10.9.